The van der Waals surface area contributed by atoms with E-state index in [-0.39, 0.29) is 6.03 Å². The van der Waals surface area contributed by atoms with E-state index < -0.39 is 0 Å². The topological polar surface area (TPSA) is 71.8 Å². The summed E-state index contributed by atoms with van der Waals surface area (Å²) in [7, 11) is 1.85. The van der Waals surface area contributed by atoms with Crippen LogP contribution in [-0.2, 0) is 7.05 Å². The Hall–Kier alpha value is -3.67. The number of carbonyl (C=O) groups is 1. The van der Waals surface area contributed by atoms with Crippen LogP contribution in [0.1, 0.15) is 0 Å². The van der Waals surface area contributed by atoms with Crippen LogP contribution in [0.2, 0.25) is 0 Å². The van der Waals surface area contributed by atoms with Crippen molar-refractivity contribution in [3.63, 3.8) is 0 Å². The molecule has 2 amide bonds. The third kappa shape index (κ3) is 3.12. The molecule has 26 heavy (non-hydrogen) atoms. The fourth-order valence-electron chi connectivity index (χ4n) is 2.88. The maximum atomic E-state index is 12.4. The molecule has 0 radical (unpaired) electrons. The molecule has 2 aromatic heterocycles. The predicted octanol–water partition coefficient (Wildman–Crippen LogP) is 4.28. The first-order chi connectivity index (χ1) is 12.7. The van der Waals surface area contributed by atoms with E-state index >= 15 is 0 Å². The molecule has 6 nitrogen and oxygen atoms in total. The van der Waals surface area contributed by atoms with Crippen molar-refractivity contribution in [2.24, 2.45) is 7.05 Å². The average Bonchev–Trinajstić information content (AvgIpc) is 3.03. The third-order valence-electron chi connectivity index (χ3n) is 4.07. The summed E-state index contributed by atoms with van der Waals surface area (Å²) in [6.07, 6.45) is 1.70. The van der Waals surface area contributed by atoms with Crippen LogP contribution < -0.4 is 10.6 Å². The molecule has 0 spiro atoms. The van der Waals surface area contributed by atoms with Gasteiger partial charge in [-0.1, -0.05) is 48.5 Å². The smallest absolute Gasteiger partial charge is 0.306 e. The Balaban J connectivity index is 1.54. The molecule has 6 heteroatoms. The molecule has 0 fully saturated rings. The zero-order chi connectivity index (χ0) is 17.9. The molecule has 0 aliphatic carbocycles. The minimum absolute atomic E-state index is 0.360. The Kier molecular flexibility index (Phi) is 4.07. The average molecular weight is 343 g/mol. The monoisotopic (exact) mass is 343 g/mol. The summed E-state index contributed by atoms with van der Waals surface area (Å²) in [5.74, 6) is 0.483. The van der Waals surface area contributed by atoms with Gasteiger partial charge in [0.15, 0.2) is 5.82 Å². The number of carbonyl (C=O) groups excluding carboxylic acids is 1. The summed E-state index contributed by atoms with van der Waals surface area (Å²) in [5.41, 5.74) is 3.36. The molecule has 0 aliphatic rings. The predicted molar refractivity (Wildman–Crippen MR) is 103 cm³/mol. The van der Waals surface area contributed by atoms with Crippen LogP contribution in [0, 0.1) is 0 Å². The number of urea groups is 1. The van der Waals surface area contributed by atoms with Gasteiger partial charge in [0.2, 0.25) is 0 Å². The number of benzene rings is 2. The molecular formula is C20H17N5O. The molecule has 0 saturated carbocycles. The van der Waals surface area contributed by atoms with E-state index in [2.05, 4.69) is 20.7 Å². The van der Waals surface area contributed by atoms with Crippen molar-refractivity contribution in [3.05, 3.63) is 72.9 Å². The number of aryl methyl sites for hydroxylation is 1. The summed E-state index contributed by atoms with van der Waals surface area (Å²) >= 11 is 0. The Labute approximate surface area is 150 Å². The highest BCUT2D eigenvalue weighted by Gasteiger charge is 2.11. The van der Waals surface area contributed by atoms with Crippen LogP contribution in [0.25, 0.3) is 22.2 Å². The number of anilines is 2. The van der Waals surface area contributed by atoms with Crippen LogP contribution >= 0.6 is 0 Å². The Morgan fingerprint density at radius 2 is 1.77 bits per heavy atom. The lowest BCUT2D eigenvalue weighted by Crippen LogP contribution is -2.20. The fraction of sp³-hybridized carbons (Fsp3) is 0.0500. The van der Waals surface area contributed by atoms with Gasteiger partial charge in [0.25, 0.3) is 0 Å². The minimum atomic E-state index is -0.360. The van der Waals surface area contributed by atoms with Crippen molar-refractivity contribution in [1.29, 1.82) is 0 Å². The maximum Gasteiger partial charge on any atom is 0.324 e. The van der Waals surface area contributed by atoms with Gasteiger partial charge in [0.05, 0.1) is 16.9 Å². The molecule has 128 valence electrons. The fourth-order valence-corrected chi connectivity index (χ4v) is 2.88. The Morgan fingerprint density at radius 1 is 0.962 bits per heavy atom. The quantitative estimate of drug-likeness (QED) is 0.583. The van der Waals surface area contributed by atoms with E-state index in [0.717, 1.165) is 22.2 Å². The number of nitrogens with zero attached hydrogens (tertiary/aromatic N) is 3. The second-order valence-corrected chi connectivity index (χ2v) is 5.86. The van der Waals surface area contributed by atoms with Gasteiger partial charge in [-0.15, -0.1) is 0 Å². The summed E-state index contributed by atoms with van der Waals surface area (Å²) in [5, 5.41) is 10.9. The number of hydrogen-bond acceptors (Lipinski definition) is 3. The number of pyridine rings is 1. The summed E-state index contributed by atoms with van der Waals surface area (Å²) in [6, 6.07) is 20.9. The van der Waals surface area contributed by atoms with Crippen LogP contribution in [-0.4, -0.2) is 20.8 Å². The first-order valence-corrected chi connectivity index (χ1v) is 8.22. The van der Waals surface area contributed by atoms with E-state index in [1.165, 1.54) is 0 Å². The van der Waals surface area contributed by atoms with Gasteiger partial charge in [-0.3, -0.25) is 15.0 Å². The maximum absolute atomic E-state index is 12.4. The SMILES string of the molecule is Cn1nc(NC(=O)Nc2cccc3cccnc23)cc1-c1ccccc1. The molecule has 0 saturated heterocycles. The first-order valence-electron chi connectivity index (χ1n) is 8.22. The molecule has 0 unspecified atom stereocenters. The third-order valence-corrected chi connectivity index (χ3v) is 4.07. The Morgan fingerprint density at radius 3 is 2.62 bits per heavy atom. The lowest BCUT2D eigenvalue weighted by molar-refractivity contribution is 0.262. The highest BCUT2D eigenvalue weighted by atomic mass is 16.2. The molecule has 0 aliphatic heterocycles. The second-order valence-electron chi connectivity index (χ2n) is 5.86. The van der Waals surface area contributed by atoms with Gasteiger partial charge in [0, 0.05) is 24.7 Å². The minimum Gasteiger partial charge on any atom is -0.306 e. The highest BCUT2D eigenvalue weighted by molar-refractivity contribution is 6.04. The lowest BCUT2D eigenvalue weighted by Gasteiger charge is -2.08. The number of amides is 2. The summed E-state index contributed by atoms with van der Waals surface area (Å²) in [6.45, 7) is 0. The van der Waals surface area contributed by atoms with E-state index in [1.807, 2.05) is 73.8 Å². The van der Waals surface area contributed by atoms with Gasteiger partial charge in [-0.2, -0.15) is 5.10 Å². The zero-order valence-corrected chi connectivity index (χ0v) is 14.2. The molecule has 2 aromatic carbocycles. The first kappa shape index (κ1) is 15.8. The highest BCUT2D eigenvalue weighted by Crippen LogP contribution is 2.23. The lowest BCUT2D eigenvalue weighted by atomic mass is 10.1. The van der Waals surface area contributed by atoms with Gasteiger partial charge in [0.1, 0.15) is 0 Å². The molecule has 2 heterocycles. The van der Waals surface area contributed by atoms with Gasteiger partial charge >= 0.3 is 6.03 Å². The van der Waals surface area contributed by atoms with Crippen LogP contribution in [0.5, 0.6) is 0 Å². The van der Waals surface area contributed by atoms with Gasteiger partial charge in [-0.05, 0) is 17.7 Å². The van der Waals surface area contributed by atoms with E-state index in [4.69, 9.17) is 0 Å². The number of hydrogen-bond donors (Lipinski definition) is 2. The summed E-state index contributed by atoms with van der Waals surface area (Å²) in [4.78, 5) is 16.7. The summed E-state index contributed by atoms with van der Waals surface area (Å²) < 4.78 is 1.74. The van der Waals surface area contributed by atoms with E-state index in [9.17, 15) is 4.79 Å². The van der Waals surface area contributed by atoms with Crippen molar-refractivity contribution in [1.82, 2.24) is 14.8 Å². The number of para-hydroxylation sites is 1. The van der Waals surface area contributed by atoms with Crippen molar-refractivity contribution < 1.29 is 4.79 Å². The number of rotatable bonds is 3. The molecule has 0 bridgehead atoms. The van der Waals surface area contributed by atoms with E-state index in [0.29, 0.717) is 11.5 Å². The number of fused-ring (bicyclic) bond motifs is 1. The zero-order valence-electron chi connectivity index (χ0n) is 14.2. The number of aromatic nitrogens is 3. The molecular weight excluding hydrogens is 326 g/mol. The standard InChI is InChI=1S/C20H17N5O/c1-25-17(14-7-3-2-4-8-14)13-18(24-25)23-20(26)22-16-11-5-9-15-10-6-12-21-19(15)16/h2-13H,1H3,(H2,22,23,24,26). The molecule has 4 rings (SSSR count). The normalized spacial score (nSPS) is 10.7. The van der Waals surface area contributed by atoms with Crippen LogP contribution in [0.4, 0.5) is 16.3 Å². The van der Waals surface area contributed by atoms with Gasteiger partial charge in [-0.25, -0.2) is 4.79 Å². The molecule has 0 atom stereocenters. The second kappa shape index (κ2) is 6.68. The molecule has 2 N–H and O–H groups in total. The van der Waals surface area contributed by atoms with Crippen LogP contribution in [0.15, 0.2) is 72.9 Å². The largest absolute Gasteiger partial charge is 0.324 e. The van der Waals surface area contributed by atoms with Crippen molar-refractivity contribution in [2.45, 2.75) is 0 Å². The van der Waals surface area contributed by atoms with Crippen LogP contribution in [0.3, 0.4) is 0 Å². The van der Waals surface area contributed by atoms with Crippen molar-refractivity contribution in [2.75, 3.05) is 10.6 Å². The Bertz CT molecular complexity index is 1070. The van der Waals surface area contributed by atoms with Crippen molar-refractivity contribution in [3.8, 4) is 11.3 Å². The van der Waals surface area contributed by atoms with E-state index in [1.54, 1.807) is 10.9 Å². The van der Waals surface area contributed by atoms with Crippen molar-refractivity contribution >= 4 is 28.4 Å². The van der Waals surface area contributed by atoms with Gasteiger partial charge < -0.3 is 5.32 Å². The number of nitrogens with one attached hydrogen (secondary N) is 2. The molecule has 4 aromatic rings.